The third kappa shape index (κ3) is 2.53. The van der Waals surface area contributed by atoms with Gasteiger partial charge in [0.1, 0.15) is 0 Å². The number of rotatable bonds is 3. The lowest BCUT2D eigenvalue weighted by Gasteiger charge is -2.17. The van der Waals surface area contributed by atoms with Gasteiger partial charge in [-0.15, -0.1) is 0 Å². The summed E-state index contributed by atoms with van der Waals surface area (Å²) < 4.78 is 48.8. The second kappa shape index (κ2) is 5.95. The zero-order chi connectivity index (χ0) is 21.4. The minimum absolute atomic E-state index is 0.189. The Balaban J connectivity index is 1.71. The van der Waals surface area contributed by atoms with Crippen molar-refractivity contribution in [3.05, 3.63) is 63.2 Å². The molecule has 0 N–H and O–H groups in total. The normalized spacial score (nSPS) is 23.5. The number of epoxide rings is 1. The number of aryl methyl sites for hydroxylation is 1. The van der Waals surface area contributed by atoms with Crippen molar-refractivity contribution in [1.29, 1.82) is 5.26 Å². The summed E-state index contributed by atoms with van der Waals surface area (Å²) in [5.41, 5.74) is -1.40. The van der Waals surface area contributed by atoms with Gasteiger partial charge in [0.05, 0.1) is 29.0 Å². The van der Waals surface area contributed by atoms with Gasteiger partial charge < -0.3 is 9.30 Å². The van der Waals surface area contributed by atoms with Crippen molar-refractivity contribution in [1.82, 2.24) is 14.3 Å². The molecule has 3 aromatic rings. The molecule has 1 saturated carbocycles. The molecule has 2 atom stereocenters. The number of fused-ring (bicyclic) bond motifs is 1. The molecule has 1 saturated heterocycles. The molecule has 2 fully saturated rings. The first-order chi connectivity index (χ1) is 14.2. The third-order valence-corrected chi connectivity index (χ3v) is 5.97. The van der Waals surface area contributed by atoms with Crippen molar-refractivity contribution in [3.63, 3.8) is 0 Å². The van der Waals surface area contributed by atoms with E-state index in [4.69, 9.17) is 4.74 Å². The fraction of sp³-hybridized carbons (Fsp3) is 0.381. The van der Waals surface area contributed by atoms with Crippen molar-refractivity contribution in [2.24, 2.45) is 7.05 Å². The van der Waals surface area contributed by atoms with Crippen LogP contribution in [-0.2, 0) is 23.6 Å². The van der Waals surface area contributed by atoms with Crippen LogP contribution in [0.2, 0.25) is 0 Å². The smallest absolute Gasteiger partial charge is 0.354 e. The molecule has 5 rings (SSSR count). The zero-order valence-corrected chi connectivity index (χ0v) is 16.2. The van der Waals surface area contributed by atoms with Crippen molar-refractivity contribution in [3.8, 4) is 6.07 Å². The number of nitriles is 1. The van der Waals surface area contributed by atoms with E-state index < -0.39 is 22.9 Å². The highest BCUT2D eigenvalue weighted by Crippen LogP contribution is 2.53. The topological polar surface area (TPSA) is 76.1 Å². The van der Waals surface area contributed by atoms with Crippen molar-refractivity contribution in [2.45, 2.75) is 43.7 Å². The molecule has 1 aromatic carbocycles. The molecule has 1 unspecified atom stereocenters. The van der Waals surface area contributed by atoms with Crippen LogP contribution in [0.4, 0.5) is 13.2 Å². The lowest BCUT2D eigenvalue weighted by Crippen LogP contribution is -2.20. The molecular weight excluding hydrogens is 397 g/mol. The number of pyridine rings is 1. The highest BCUT2D eigenvalue weighted by Gasteiger charge is 2.59. The molecular formula is C21H17F3N4O2. The number of nitrogens with zero attached hydrogens (tertiary/aromatic N) is 4. The Hall–Kier alpha value is -3.12. The monoisotopic (exact) mass is 414 g/mol. The van der Waals surface area contributed by atoms with Crippen molar-refractivity contribution in [2.75, 3.05) is 0 Å². The third-order valence-electron chi connectivity index (χ3n) is 5.97. The second-order valence-corrected chi connectivity index (χ2v) is 7.86. The molecule has 0 radical (unpaired) electrons. The number of ether oxygens (including phenoxy) is 1. The summed E-state index contributed by atoms with van der Waals surface area (Å²) in [5, 5.41) is 14.3. The van der Waals surface area contributed by atoms with E-state index in [0.717, 1.165) is 18.9 Å². The van der Waals surface area contributed by atoms with Gasteiger partial charge in [0.15, 0.2) is 11.1 Å². The van der Waals surface area contributed by atoms with Crippen LogP contribution in [-0.4, -0.2) is 20.5 Å². The fourth-order valence-corrected chi connectivity index (χ4v) is 4.33. The number of hydrogen-bond acceptors (Lipinski definition) is 4. The van der Waals surface area contributed by atoms with Gasteiger partial charge in [0.2, 0.25) is 0 Å². The van der Waals surface area contributed by atoms with Gasteiger partial charge in [-0.05, 0) is 43.5 Å². The highest BCUT2D eigenvalue weighted by molar-refractivity contribution is 5.83. The summed E-state index contributed by atoms with van der Waals surface area (Å²) in [4.78, 5) is 12.9. The first-order valence-electron chi connectivity index (χ1n) is 9.56. The summed E-state index contributed by atoms with van der Waals surface area (Å²) in [5.74, 6) is 0. The molecule has 2 aliphatic rings. The molecule has 0 bridgehead atoms. The van der Waals surface area contributed by atoms with Crippen LogP contribution in [0.1, 0.15) is 48.2 Å². The maximum atomic E-state index is 13.2. The van der Waals surface area contributed by atoms with Crippen LogP contribution in [0.3, 0.4) is 0 Å². The predicted octanol–water partition coefficient (Wildman–Crippen LogP) is 3.62. The lowest BCUT2D eigenvalue weighted by molar-refractivity contribution is -0.137. The standard InChI is InChI=1S/C21H17F3N4O2/c1-11-20(30-11,13-3-6-16(21(22,23)24)12(9-13)10-25)18-15-7-8-28(14-4-5-14)19(29)17(15)26-27(18)2/h3,6-9,11,14H,4-5H2,1-2H3/t11?,20-/m0/s1. The predicted molar refractivity (Wildman–Crippen MR) is 101 cm³/mol. The lowest BCUT2D eigenvalue weighted by atomic mass is 9.88. The SMILES string of the molecule is CC1O[C@@]1(c1ccc(C(F)(F)F)c(C#N)c1)c1c2ccn(C3CC3)c(=O)c2nn1C. The Labute approximate surface area is 169 Å². The Kier molecular flexibility index (Phi) is 3.75. The zero-order valence-electron chi connectivity index (χ0n) is 16.2. The van der Waals surface area contributed by atoms with Crippen LogP contribution in [0.25, 0.3) is 10.9 Å². The highest BCUT2D eigenvalue weighted by atomic mass is 19.4. The van der Waals surface area contributed by atoms with Gasteiger partial charge in [-0.1, -0.05) is 6.07 Å². The largest absolute Gasteiger partial charge is 0.417 e. The molecule has 6 nitrogen and oxygen atoms in total. The van der Waals surface area contributed by atoms with Crippen LogP contribution < -0.4 is 5.56 Å². The second-order valence-electron chi connectivity index (χ2n) is 7.86. The van der Waals surface area contributed by atoms with Gasteiger partial charge in [-0.25, -0.2) is 0 Å². The van der Waals surface area contributed by atoms with E-state index in [9.17, 15) is 23.2 Å². The summed E-state index contributed by atoms with van der Waals surface area (Å²) >= 11 is 0. The van der Waals surface area contributed by atoms with E-state index in [1.165, 1.54) is 12.1 Å². The number of halogens is 3. The number of hydrogen-bond donors (Lipinski definition) is 0. The minimum Gasteiger partial charge on any atom is -0.354 e. The average molecular weight is 414 g/mol. The van der Waals surface area contributed by atoms with E-state index in [-0.39, 0.29) is 17.7 Å². The number of benzene rings is 1. The first kappa shape index (κ1) is 18.9. The molecule has 30 heavy (non-hydrogen) atoms. The maximum Gasteiger partial charge on any atom is 0.417 e. The Morgan fingerprint density at radius 2 is 2.00 bits per heavy atom. The molecule has 154 valence electrons. The van der Waals surface area contributed by atoms with Crippen molar-refractivity contribution < 1.29 is 17.9 Å². The van der Waals surface area contributed by atoms with Gasteiger partial charge in [-0.2, -0.15) is 23.5 Å². The Bertz CT molecular complexity index is 1300. The number of aromatic nitrogens is 3. The van der Waals surface area contributed by atoms with Gasteiger partial charge in [-0.3, -0.25) is 9.48 Å². The van der Waals surface area contributed by atoms with E-state index in [1.807, 2.05) is 6.07 Å². The van der Waals surface area contributed by atoms with Crippen LogP contribution in [0, 0.1) is 11.3 Å². The van der Waals surface area contributed by atoms with Gasteiger partial charge >= 0.3 is 6.18 Å². The van der Waals surface area contributed by atoms with E-state index in [1.54, 1.807) is 35.5 Å². The summed E-state index contributed by atoms with van der Waals surface area (Å²) in [6, 6.07) is 7.10. The molecule has 1 aliphatic heterocycles. The van der Waals surface area contributed by atoms with Crippen LogP contribution in [0.15, 0.2) is 35.3 Å². The molecule has 9 heteroatoms. The summed E-state index contributed by atoms with van der Waals surface area (Å²) in [6.45, 7) is 1.80. The minimum atomic E-state index is -4.63. The molecule has 0 amide bonds. The van der Waals surface area contributed by atoms with Gasteiger partial charge in [0.25, 0.3) is 5.56 Å². The van der Waals surface area contributed by atoms with E-state index in [0.29, 0.717) is 22.2 Å². The molecule has 2 aromatic heterocycles. The van der Waals surface area contributed by atoms with E-state index >= 15 is 0 Å². The average Bonchev–Trinajstić information content (AvgIpc) is 3.60. The van der Waals surface area contributed by atoms with Crippen LogP contribution >= 0.6 is 0 Å². The fourth-order valence-electron chi connectivity index (χ4n) is 4.33. The Morgan fingerprint density at radius 3 is 2.57 bits per heavy atom. The molecule has 3 heterocycles. The summed E-state index contributed by atoms with van der Waals surface area (Å²) in [7, 11) is 1.68. The van der Waals surface area contributed by atoms with Gasteiger partial charge in [0, 0.05) is 24.7 Å². The van der Waals surface area contributed by atoms with E-state index in [2.05, 4.69) is 5.10 Å². The number of alkyl halides is 3. The van der Waals surface area contributed by atoms with Crippen molar-refractivity contribution >= 4 is 10.9 Å². The Morgan fingerprint density at radius 1 is 1.30 bits per heavy atom. The maximum absolute atomic E-state index is 13.2. The quantitative estimate of drug-likeness (QED) is 0.614. The molecule has 1 aliphatic carbocycles. The molecule has 0 spiro atoms. The summed E-state index contributed by atoms with van der Waals surface area (Å²) in [6.07, 6.45) is -1.33. The van der Waals surface area contributed by atoms with Crippen LogP contribution in [0.5, 0.6) is 0 Å². The first-order valence-corrected chi connectivity index (χ1v) is 9.56.